The number of methoxy groups -OCH3 is 1. The van der Waals surface area contributed by atoms with Gasteiger partial charge >= 0.3 is 6.18 Å². The first-order valence-corrected chi connectivity index (χ1v) is 7.13. The fraction of sp³-hybridized carbons (Fsp3) is 0.118. The largest absolute Gasteiger partial charge is 0.496 e. The van der Waals surface area contributed by atoms with Crippen LogP contribution in [0.25, 0.3) is 11.1 Å². The lowest BCUT2D eigenvalue weighted by Crippen LogP contribution is -2.07. The number of para-hydroxylation sites is 1. The van der Waals surface area contributed by atoms with Gasteiger partial charge in [0.15, 0.2) is 0 Å². The Morgan fingerprint density at radius 1 is 0.920 bits per heavy atom. The molecule has 0 atom stereocenters. The minimum Gasteiger partial charge on any atom is -0.496 e. The Labute approximate surface area is 141 Å². The molecule has 0 N–H and O–H groups in total. The SMILES string of the molecule is COc1ccccc1-c1cncnc1Oc1ccc(C(F)(F)F)nc1. The van der Waals surface area contributed by atoms with E-state index in [4.69, 9.17) is 9.47 Å². The topological polar surface area (TPSA) is 57.1 Å². The van der Waals surface area contributed by atoms with Gasteiger partial charge in [-0.3, -0.25) is 0 Å². The summed E-state index contributed by atoms with van der Waals surface area (Å²) < 4.78 is 48.6. The molecule has 8 heteroatoms. The van der Waals surface area contributed by atoms with E-state index < -0.39 is 11.9 Å². The van der Waals surface area contributed by atoms with E-state index in [1.807, 2.05) is 12.1 Å². The Kier molecular flexibility index (Phi) is 4.51. The van der Waals surface area contributed by atoms with Gasteiger partial charge in [0.25, 0.3) is 0 Å². The minimum absolute atomic E-state index is 0.128. The third-order valence-electron chi connectivity index (χ3n) is 3.31. The monoisotopic (exact) mass is 347 g/mol. The predicted octanol–water partition coefficient (Wildman–Crippen LogP) is 4.36. The first-order valence-electron chi connectivity index (χ1n) is 7.13. The molecule has 0 amide bonds. The van der Waals surface area contributed by atoms with E-state index in [2.05, 4.69) is 15.0 Å². The van der Waals surface area contributed by atoms with Crippen molar-refractivity contribution in [3.05, 3.63) is 60.8 Å². The summed E-state index contributed by atoms with van der Waals surface area (Å²) in [5.41, 5.74) is 0.243. The molecule has 3 rings (SSSR count). The average molecular weight is 347 g/mol. The maximum Gasteiger partial charge on any atom is 0.433 e. The second-order valence-electron chi connectivity index (χ2n) is 4.92. The molecule has 0 spiro atoms. The van der Waals surface area contributed by atoms with Gasteiger partial charge in [-0.05, 0) is 18.2 Å². The van der Waals surface area contributed by atoms with Crippen molar-refractivity contribution < 1.29 is 22.6 Å². The summed E-state index contributed by atoms with van der Waals surface area (Å²) in [6.07, 6.45) is -0.684. The van der Waals surface area contributed by atoms with Gasteiger partial charge in [-0.2, -0.15) is 13.2 Å². The lowest BCUT2D eigenvalue weighted by Gasteiger charge is -2.12. The quantitative estimate of drug-likeness (QED) is 0.702. The molecule has 0 saturated heterocycles. The lowest BCUT2D eigenvalue weighted by molar-refractivity contribution is -0.141. The van der Waals surface area contributed by atoms with Crippen LogP contribution in [0.1, 0.15) is 5.69 Å². The molecule has 5 nitrogen and oxygen atoms in total. The highest BCUT2D eigenvalue weighted by atomic mass is 19.4. The number of benzene rings is 1. The van der Waals surface area contributed by atoms with Gasteiger partial charge in [0, 0.05) is 11.8 Å². The molecule has 0 aliphatic rings. The highest BCUT2D eigenvalue weighted by molar-refractivity contribution is 5.73. The summed E-state index contributed by atoms with van der Waals surface area (Å²) in [5, 5.41) is 0. The van der Waals surface area contributed by atoms with Crippen LogP contribution in [0.2, 0.25) is 0 Å². The van der Waals surface area contributed by atoms with Crippen LogP contribution in [-0.4, -0.2) is 22.1 Å². The van der Waals surface area contributed by atoms with Crippen LogP contribution in [0, 0.1) is 0 Å². The Bertz CT molecular complexity index is 868. The third-order valence-corrected chi connectivity index (χ3v) is 3.31. The highest BCUT2D eigenvalue weighted by Gasteiger charge is 2.32. The summed E-state index contributed by atoms with van der Waals surface area (Å²) in [5.74, 6) is 0.900. The highest BCUT2D eigenvalue weighted by Crippen LogP contribution is 2.36. The summed E-state index contributed by atoms with van der Waals surface area (Å²) in [7, 11) is 1.53. The number of aromatic nitrogens is 3. The predicted molar refractivity (Wildman–Crippen MR) is 83.3 cm³/mol. The van der Waals surface area contributed by atoms with Crippen molar-refractivity contribution in [1.82, 2.24) is 15.0 Å². The summed E-state index contributed by atoms with van der Waals surface area (Å²) in [6.45, 7) is 0. The lowest BCUT2D eigenvalue weighted by atomic mass is 10.1. The van der Waals surface area contributed by atoms with E-state index in [0.717, 1.165) is 12.3 Å². The summed E-state index contributed by atoms with van der Waals surface area (Å²) in [6, 6.07) is 9.23. The van der Waals surface area contributed by atoms with E-state index in [1.54, 1.807) is 12.1 Å². The molecule has 0 aliphatic carbocycles. The number of alkyl halides is 3. The zero-order valence-corrected chi connectivity index (χ0v) is 13.0. The number of ether oxygens (including phenoxy) is 2. The zero-order chi connectivity index (χ0) is 17.9. The zero-order valence-electron chi connectivity index (χ0n) is 13.0. The molecule has 0 aliphatic heterocycles. The number of hydrogen-bond donors (Lipinski definition) is 0. The molecule has 128 valence electrons. The molecule has 1 aromatic carbocycles. The van der Waals surface area contributed by atoms with Gasteiger partial charge in [0.1, 0.15) is 23.5 Å². The Morgan fingerprint density at radius 2 is 1.72 bits per heavy atom. The Hall–Kier alpha value is -3.16. The van der Waals surface area contributed by atoms with Crippen LogP contribution in [0.5, 0.6) is 17.4 Å². The molecule has 2 aromatic heterocycles. The van der Waals surface area contributed by atoms with Crippen molar-refractivity contribution in [2.45, 2.75) is 6.18 Å². The van der Waals surface area contributed by atoms with E-state index in [-0.39, 0.29) is 11.6 Å². The Balaban J connectivity index is 1.94. The fourth-order valence-electron chi connectivity index (χ4n) is 2.17. The molecule has 0 saturated carbocycles. The van der Waals surface area contributed by atoms with Gasteiger partial charge in [-0.25, -0.2) is 15.0 Å². The van der Waals surface area contributed by atoms with Gasteiger partial charge in [-0.15, -0.1) is 0 Å². The molecule has 3 aromatic rings. The van der Waals surface area contributed by atoms with Crippen LogP contribution >= 0.6 is 0 Å². The van der Waals surface area contributed by atoms with Gasteiger partial charge in [-0.1, -0.05) is 18.2 Å². The number of nitrogens with zero attached hydrogens (tertiary/aromatic N) is 3. The van der Waals surface area contributed by atoms with Crippen molar-refractivity contribution in [3.8, 4) is 28.5 Å². The van der Waals surface area contributed by atoms with Gasteiger partial charge in [0.2, 0.25) is 5.88 Å². The molecular weight excluding hydrogens is 335 g/mol. The van der Waals surface area contributed by atoms with Gasteiger partial charge in [0.05, 0.1) is 18.9 Å². The van der Waals surface area contributed by atoms with E-state index in [1.165, 1.54) is 25.7 Å². The average Bonchev–Trinajstić information content (AvgIpc) is 2.62. The molecule has 0 fully saturated rings. The third kappa shape index (κ3) is 3.68. The second kappa shape index (κ2) is 6.76. The molecular formula is C17H12F3N3O2. The fourth-order valence-corrected chi connectivity index (χ4v) is 2.17. The van der Waals surface area contributed by atoms with Crippen LogP contribution in [-0.2, 0) is 6.18 Å². The summed E-state index contributed by atoms with van der Waals surface area (Å²) in [4.78, 5) is 11.4. The second-order valence-corrected chi connectivity index (χ2v) is 4.92. The minimum atomic E-state index is -4.50. The normalized spacial score (nSPS) is 11.2. The first kappa shape index (κ1) is 16.7. The molecule has 2 heterocycles. The standard InChI is InChI=1S/C17H12F3N3O2/c1-24-14-5-3-2-4-12(14)13-9-21-10-23-16(13)25-11-6-7-15(22-8-11)17(18,19)20/h2-10H,1H3. The van der Waals surface area contributed by atoms with Crippen LogP contribution < -0.4 is 9.47 Å². The van der Waals surface area contributed by atoms with Crippen molar-refractivity contribution in [1.29, 1.82) is 0 Å². The summed E-state index contributed by atoms with van der Waals surface area (Å²) >= 11 is 0. The first-order chi connectivity index (χ1) is 12.0. The molecule has 25 heavy (non-hydrogen) atoms. The van der Waals surface area contributed by atoms with Crippen molar-refractivity contribution >= 4 is 0 Å². The van der Waals surface area contributed by atoms with Gasteiger partial charge < -0.3 is 9.47 Å². The number of rotatable bonds is 4. The van der Waals surface area contributed by atoms with Crippen LogP contribution in [0.15, 0.2) is 55.1 Å². The van der Waals surface area contributed by atoms with Crippen LogP contribution in [0.4, 0.5) is 13.2 Å². The Morgan fingerprint density at radius 3 is 2.40 bits per heavy atom. The van der Waals surface area contributed by atoms with Crippen molar-refractivity contribution in [3.63, 3.8) is 0 Å². The maximum atomic E-state index is 12.6. The van der Waals surface area contributed by atoms with E-state index in [9.17, 15) is 13.2 Å². The van der Waals surface area contributed by atoms with E-state index >= 15 is 0 Å². The molecule has 0 unspecified atom stereocenters. The smallest absolute Gasteiger partial charge is 0.433 e. The van der Waals surface area contributed by atoms with Crippen molar-refractivity contribution in [2.24, 2.45) is 0 Å². The maximum absolute atomic E-state index is 12.6. The number of halogens is 3. The number of hydrogen-bond acceptors (Lipinski definition) is 5. The number of pyridine rings is 1. The molecule has 0 radical (unpaired) electrons. The molecule has 0 bridgehead atoms. The van der Waals surface area contributed by atoms with Crippen LogP contribution in [0.3, 0.4) is 0 Å². The van der Waals surface area contributed by atoms with E-state index in [0.29, 0.717) is 16.9 Å². The van der Waals surface area contributed by atoms with Crippen molar-refractivity contribution in [2.75, 3.05) is 7.11 Å².